The molecule has 6 heteroatoms. The summed E-state index contributed by atoms with van der Waals surface area (Å²) >= 11 is 0. The van der Waals surface area contributed by atoms with E-state index < -0.39 is 11.7 Å². The molecule has 0 saturated carbocycles. The lowest BCUT2D eigenvalue weighted by Gasteiger charge is -2.34. The fourth-order valence-corrected chi connectivity index (χ4v) is 2.24. The lowest BCUT2D eigenvalue weighted by Crippen LogP contribution is -2.47. The van der Waals surface area contributed by atoms with E-state index in [9.17, 15) is 13.2 Å². The van der Waals surface area contributed by atoms with Gasteiger partial charge in [0.15, 0.2) is 0 Å². The Morgan fingerprint density at radius 1 is 1.20 bits per heavy atom. The Morgan fingerprint density at radius 2 is 1.85 bits per heavy atom. The van der Waals surface area contributed by atoms with E-state index in [0.29, 0.717) is 11.4 Å². The Bertz CT molecular complexity index is 477. The normalized spacial score (nSPS) is 17.3. The summed E-state index contributed by atoms with van der Waals surface area (Å²) < 4.78 is 37.9. The maximum Gasteiger partial charge on any atom is 0.416 e. The van der Waals surface area contributed by atoms with E-state index in [0.717, 1.165) is 38.3 Å². The number of halogens is 3. The van der Waals surface area contributed by atoms with Crippen LogP contribution in [-0.4, -0.2) is 48.9 Å². The molecule has 0 bridgehead atoms. The molecule has 1 saturated heterocycles. The number of rotatable bonds is 2. The molecule has 0 radical (unpaired) electrons. The van der Waals surface area contributed by atoms with Gasteiger partial charge in [0.05, 0.1) is 5.56 Å². The zero-order chi connectivity index (χ0) is 14.8. The molecule has 0 aromatic heterocycles. The third-order valence-corrected chi connectivity index (χ3v) is 3.51. The highest BCUT2D eigenvalue weighted by Crippen LogP contribution is 2.29. The second kappa shape index (κ2) is 5.83. The van der Waals surface area contributed by atoms with E-state index in [1.165, 1.54) is 6.07 Å². The molecule has 0 spiro atoms. The minimum atomic E-state index is -4.33. The van der Waals surface area contributed by atoms with Crippen molar-refractivity contribution in [3.8, 4) is 0 Å². The molecular formula is C14H18F3N3. The second-order valence-corrected chi connectivity index (χ2v) is 5.11. The molecule has 1 heterocycles. The molecule has 20 heavy (non-hydrogen) atoms. The van der Waals surface area contributed by atoms with E-state index in [1.54, 1.807) is 6.07 Å². The summed E-state index contributed by atoms with van der Waals surface area (Å²) in [5.74, 6) is 0.387. The average molecular weight is 285 g/mol. The number of nitrogens with zero attached hydrogens (tertiary/aromatic N) is 2. The van der Waals surface area contributed by atoms with Crippen molar-refractivity contribution in [1.82, 2.24) is 9.80 Å². The molecule has 1 aromatic carbocycles. The molecule has 2 rings (SSSR count). The van der Waals surface area contributed by atoms with Crippen molar-refractivity contribution in [2.24, 2.45) is 0 Å². The van der Waals surface area contributed by atoms with E-state index in [1.807, 2.05) is 11.9 Å². The van der Waals surface area contributed by atoms with Crippen molar-refractivity contribution in [3.05, 3.63) is 35.4 Å². The number of benzene rings is 1. The molecular weight excluding hydrogens is 267 g/mol. The monoisotopic (exact) mass is 285 g/mol. The zero-order valence-corrected chi connectivity index (χ0v) is 11.4. The van der Waals surface area contributed by atoms with Gasteiger partial charge in [-0.15, -0.1) is 0 Å². The predicted molar refractivity (Wildman–Crippen MR) is 71.9 cm³/mol. The first kappa shape index (κ1) is 14.8. The number of nitrogens with one attached hydrogen (secondary N) is 1. The van der Waals surface area contributed by atoms with Crippen LogP contribution in [0.5, 0.6) is 0 Å². The van der Waals surface area contributed by atoms with Crippen LogP contribution in [0.1, 0.15) is 11.1 Å². The smallest absolute Gasteiger partial charge is 0.358 e. The lowest BCUT2D eigenvalue weighted by atomic mass is 10.1. The summed E-state index contributed by atoms with van der Waals surface area (Å²) in [7, 11) is 2.02. The largest absolute Gasteiger partial charge is 0.416 e. The first-order chi connectivity index (χ1) is 9.36. The summed E-state index contributed by atoms with van der Waals surface area (Å²) in [5.41, 5.74) is -0.120. The molecule has 110 valence electrons. The van der Waals surface area contributed by atoms with Crippen LogP contribution >= 0.6 is 0 Å². The fourth-order valence-electron chi connectivity index (χ4n) is 2.24. The van der Waals surface area contributed by atoms with Gasteiger partial charge in [0.25, 0.3) is 0 Å². The number of hydrogen-bond donors (Lipinski definition) is 1. The number of alkyl halides is 3. The highest BCUT2D eigenvalue weighted by atomic mass is 19.4. The summed E-state index contributed by atoms with van der Waals surface area (Å²) in [4.78, 5) is 4.11. The van der Waals surface area contributed by atoms with Crippen molar-refractivity contribution in [1.29, 1.82) is 5.41 Å². The Hall–Kier alpha value is -1.56. The highest BCUT2D eigenvalue weighted by molar-refractivity contribution is 5.81. The van der Waals surface area contributed by atoms with Crippen LogP contribution < -0.4 is 0 Å². The quantitative estimate of drug-likeness (QED) is 0.668. The topological polar surface area (TPSA) is 30.3 Å². The van der Waals surface area contributed by atoms with Gasteiger partial charge in [-0.2, -0.15) is 13.2 Å². The molecule has 1 fully saturated rings. The Labute approximate surface area is 116 Å². The van der Waals surface area contributed by atoms with Gasteiger partial charge in [0.2, 0.25) is 0 Å². The van der Waals surface area contributed by atoms with Crippen molar-refractivity contribution >= 4 is 5.84 Å². The first-order valence-corrected chi connectivity index (χ1v) is 6.53. The van der Waals surface area contributed by atoms with Gasteiger partial charge >= 0.3 is 6.18 Å². The standard InChI is InChI=1S/C14H18F3N3/c1-19-5-7-20(8-6-19)13(18)10-11-3-2-4-12(9-11)14(15,16)17/h2-4,9,18H,5-8,10H2,1H3. The van der Waals surface area contributed by atoms with Crippen LogP contribution in [0.15, 0.2) is 24.3 Å². The second-order valence-electron chi connectivity index (χ2n) is 5.11. The van der Waals surface area contributed by atoms with Crippen LogP contribution in [0.2, 0.25) is 0 Å². The molecule has 0 aliphatic carbocycles. The van der Waals surface area contributed by atoms with E-state index in [-0.39, 0.29) is 6.42 Å². The summed E-state index contributed by atoms with van der Waals surface area (Å²) in [6, 6.07) is 5.23. The van der Waals surface area contributed by atoms with Crippen LogP contribution in [0.3, 0.4) is 0 Å². The average Bonchev–Trinajstić information content (AvgIpc) is 2.38. The summed E-state index contributed by atoms with van der Waals surface area (Å²) in [5, 5.41) is 8.04. The van der Waals surface area contributed by atoms with Gasteiger partial charge in [-0.1, -0.05) is 18.2 Å². The highest BCUT2D eigenvalue weighted by Gasteiger charge is 2.30. The van der Waals surface area contributed by atoms with Crippen LogP contribution in [0.4, 0.5) is 13.2 Å². The Kier molecular flexibility index (Phi) is 4.32. The zero-order valence-electron chi connectivity index (χ0n) is 11.4. The minimum Gasteiger partial charge on any atom is -0.358 e. The van der Waals surface area contributed by atoms with E-state index in [4.69, 9.17) is 5.41 Å². The minimum absolute atomic E-state index is 0.244. The summed E-state index contributed by atoms with van der Waals surface area (Å²) in [6.07, 6.45) is -4.08. The molecule has 1 aliphatic rings. The molecule has 0 amide bonds. The van der Waals surface area contributed by atoms with Gasteiger partial charge in [-0.3, -0.25) is 5.41 Å². The van der Waals surface area contributed by atoms with Gasteiger partial charge in [-0.05, 0) is 18.7 Å². The SMILES string of the molecule is CN1CCN(C(=N)Cc2cccc(C(F)(F)F)c2)CC1. The summed E-state index contributed by atoms with van der Waals surface area (Å²) in [6.45, 7) is 3.28. The number of amidine groups is 1. The van der Waals surface area contributed by atoms with Crippen LogP contribution in [0, 0.1) is 5.41 Å². The van der Waals surface area contributed by atoms with Gasteiger partial charge in [-0.25, -0.2) is 0 Å². The maximum atomic E-state index is 12.6. The molecule has 1 N–H and O–H groups in total. The third kappa shape index (κ3) is 3.72. The third-order valence-electron chi connectivity index (χ3n) is 3.51. The Morgan fingerprint density at radius 3 is 2.45 bits per heavy atom. The van der Waals surface area contributed by atoms with Crippen molar-refractivity contribution in [2.45, 2.75) is 12.6 Å². The van der Waals surface area contributed by atoms with Crippen LogP contribution in [-0.2, 0) is 12.6 Å². The number of hydrogen-bond acceptors (Lipinski definition) is 2. The predicted octanol–water partition coefficient (Wildman–Crippen LogP) is 2.47. The number of likely N-dealkylation sites (N-methyl/N-ethyl adjacent to an activating group) is 1. The molecule has 3 nitrogen and oxygen atoms in total. The van der Waals surface area contributed by atoms with E-state index in [2.05, 4.69) is 4.90 Å². The van der Waals surface area contributed by atoms with Gasteiger partial charge in [0, 0.05) is 32.6 Å². The maximum absolute atomic E-state index is 12.6. The van der Waals surface area contributed by atoms with Gasteiger partial charge in [0.1, 0.15) is 5.84 Å². The van der Waals surface area contributed by atoms with Crippen molar-refractivity contribution in [3.63, 3.8) is 0 Å². The molecule has 0 unspecified atom stereocenters. The Balaban J connectivity index is 2.01. The van der Waals surface area contributed by atoms with E-state index >= 15 is 0 Å². The molecule has 1 aromatic rings. The lowest BCUT2D eigenvalue weighted by molar-refractivity contribution is -0.137. The first-order valence-electron chi connectivity index (χ1n) is 6.53. The molecule has 1 aliphatic heterocycles. The fraction of sp³-hybridized carbons (Fsp3) is 0.500. The van der Waals surface area contributed by atoms with Crippen molar-refractivity contribution < 1.29 is 13.2 Å². The molecule has 0 atom stereocenters. The van der Waals surface area contributed by atoms with Gasteiger partial charge < -0.3 is 9.80 Å². The number of piperazine rings is 1. The van der Waals surface area contributed by atoms with Crippen LogP contribution in [0.25, 0.3) is 0 Å². The van der Waals surface area contributed by atoms with Crippen molar-refractivity contribution in [2.75, 3.05) is 33.2 Å².